The standard InChI is InChI=1S/C20H23ClN6O4S/c1-14-19(21)15(2)27(23-14)13-25-8-7-18(24-25)20(28)22-16-3-5-17(6-4-16)32(29,30)26-9-11-31-12-10-26/h3-8H,9-13H2,1-2H3,(H,22,28). The van der Waals surface area contributed by atoms with E-state index in [0.717, 1.165) is 11.4 Å². The summed E-state index contributed by atoms with van der Waals surface area (Å²) < 4.78 is 35.3. The number of nitrogens with zero attached hydrogens (tertiary/aromatic N) is 5. The number of carbonyl (C=O) groups is 1. The minimum absolute atomic E-state index is 0.172. The van der Waals surface area contributed by atoms with E-state index in [1.165, 1.54) is 16.4 Å². The van der Waals surface area contributed by atoms with Crippen molar-refractivity contribution >= 4 is 33.2 Å². The van der Waals surface area contributed by atoms with Gasteiger partial charge in [0.15, 0.2) is 5.69 Å². The Morgan fingerprint density at radius 3 is 2.44 bits per heavy atom. The summed E-state index contributed by atoms with van der Waals surface area (Å²) in [4.78, 5) is 12.7. The highest BCUT2D eigenvalue weighted by molar-refractivity contribution is 7.89. The first-order valence-corrected chi connectivity index (χ1v) is 11.8. The molecule has 32 heavy (non-hydrogen) atoms. The zero-order chi connectivity index (χ0) is 22.9. The van der Waals surface area contributed by atoms with E-state index in [4.69, 9.17) is 16.3 Å². The van der Waals surface area contributed by atoms with Crippen LogP contribution in [0.2, 0.25) is 5.02 Å². The lowest BCUT2D eigenvalue weighted by atomic mass is 10.3. The van der Waals surface area contributed by atoms with Gasteiger partial charge in [-0.3, -0.25) is 9.48 Å². The number of hydrogen-bond acceptors (Lipinski definition) is 6. The van der Waals surface area contributed by atoms with E-state index in [0.29, 0.717) is 43.7 Å². The van der Waals surface area contributed by atoms with Crippen LogP contribution in [0.3, 0.4) is 0 Å². The highest BCUT2D eigenvalue weighted by Crippen LogP contribution is 2.20. The van der Waals surface area contributed by atoms with E-state index < -0.39 is 15.9 Å². The summed E-state index contributed by atoms with van der Waals surface area (Å²) in [6, 6.07) is 7.66. The molecule has 0 aliphatic carbocycles. The molecule has 1 aromatic carbocycles. The molecular weight excluding hydrogens is 456 g/mol. The number of aryl methyl sites for hydroxylation is 1. The zero-order valence-electron chi connectivity index (χ0n) is 17.7. The second kappa shape index (κ2) is 9.02. The van der Waals surface area contributed by atoms with Crippen molar-refractivity contribution in [3.63, 3.8) is 0 Å². The Morgan fingerprint density at radius 1 is 1.12 bits per heavy atom. The minimum atomic E-state index is -3.58. The van der Waals surface area contributed by atoms with Crippen LogP contribution in [0.4, 0.5) is 5.69 Å². The number of aromatic nitrogens is 4. The first kappa shape index (κ1) is 22.5. The average molecular weight is 479 g/mol. The van der Waals surface area contributed by atoms with E-state index in [1.807, 2.05) is 13.8 Å². The maximum absolute atomic E-state index is 12.7. The van der Waals surface area contributed by atoms with Crippen LogP contribution >= 0.6 is 11.6 Å². The quantitative estimate of drug-likeness (QED) is 0.581. The van der Waals surface area contributed by atoms with Gasteiger partial charge < -0.3 is 10.1 Å². The van der Waals surface area contributed by atoms with Crippen molar-refractivity contribution in [2.24, 2.45) is 0 Å². The lowest BCUT2D eigenvalue weighted by Crippen LogP contribution is -2.40. The number of halogens is 1. The molecule has 1 saturated heterocycles. The Kier molecular flexibility index (Phi) is 6.33. The summed E-state index contributed by atoms with van der Waals surface area (Å²) in [6.45, 7) is 5.42. The van der Waals surface area contributed by atoms with Crippen molar-refractivity contribution in [1.29, 1.82) is 0 Å². The Labute approximate surface area is 190 Å². The molecule has 1 amide bonds. The Balaban J connectivity index is 1.41. The molecule has 1 aliphatic heterocycles. The largest absolute Gasteiger partial charge is 0.379 e. The molecule has 12 heteroatoms. The van der Waals surface area contributed by atoms with Crippen LogP contribution in [0, 0.1) is 13.8 Å². The molecule has 0 radical (unpaired) electrons. The van der Waals surface area contributed by atoms with E-state index in [-0.39, 0.29) is 10.6 Å². The number of morpholine rings is 1. The molecule has 170 valence electrons. The fraction of sp³-hybridized carbons (Fsp3) is 0.350. The number of amides is 1. The number of hydrogen-bond donors (Lipinski definition) is 1. The van der Waals surface area contributed by atoms with Crippen LogP contribution in [0.1, 0.15) is 21.9 Å². The molecule has 1 N–H and O–H groups in total. The maximum Gasteiger partial charge on any atom is 0.276 e. The zero-order valence-corrected chi connectivity index (χ0v) is 19.2. The van der Waals surface area contributed by atoms with Crippen LogP contribution in [0.5, 0.6) is 0 Å². The smallest absolute Gasteiger partial charge is 0.276 e. The fourth-order valence-corrected chi connectivity index (χ4v) is 4.90. The van der Waals surface area contributed by atoms with Crippen molar-refractivity contribution in [3.05, 3.63) is 58.6 Å². The highest BCUT2D eigenvalue weighted by atomic mass is 35.5. The molecule has 2 aromatic heterocycles. The molecule has 0 atom stereocenters. The van der Waals surface area contributed by atoms with Crippen LogP contribution in [0.25, 0.3) is 0 Å². The van der Waals surface area contributed by atoms with Gasteiger partial charge in [0.1, 0.15) is 6.67 Å². The van der Waals surface area contributed by atoms with Gasteiger partial charge in [-0.25, -0.2) is 13.1 Å². The summed E-state index contributed by atoms with van der Waals surface area (Å²) in [5.41, 5.74) is 2.24. The number of rotatable bonds is 6. The molecule has 3 aromatic rings. The van der Waals surface area contributed by atoms with Crippen molar-refractivity contribution in [3.8, 4) is 0 Å². The van der Waals surface area contributed by atoms with Crippen molar-refractivity contribution in [2.45, 2.75) is 25.4 Å². The van der Waals surface area contributed by atoms with Gasteiger partial charge in [-0.05, 0) is 44.2 Å². The van der Waals surface area contributed by atoms with E-state index >= 15 is 0 Å². The minimum Gasteiger partial charge on any atom is -0.379 e. The summed E-state index contributed by atoms with van der Waals surface area (Å²) in [7, 11) is -3.58. The van der Waals surface area contributed by atoms with E-state index in [1.54, 1.807) is 33.8 Å². The van der Waals surface area contributed by atoms with Gasteiger partial charge in [-0.2, -0.15) is 14.5 Å². The number of anilines is 1. The fourth-order valence-electron chi connectivity index (χ4n) is 3.35. The SMILES string of the molecule is Cc1nn(Cn2ccc(C(=O)Nc3ccc(S(=O)(=O)N4CCOCC4)cc3)n2)c(C)c1Cl. The van der Waals surface area contributed by atoms with Crippen LogP contribution < -0.4 is 5.32 Å². The Hall–Kier alpha value is -2.73. The van der Waals surface area contributed by atoms with Crippen molar-refractivity contribution in [1.82, 2.24) is 23.9 Å². The molecule has 1 fully saturated rings. The number of nitrogens with one attached hydrogen (secondary N) is 1. The molecule has 0 saturated carbocycles. The van der Waals surface area contributed by atoms with Gasteiger partial charge in [0.25, 0.3) is 5.91 Å². The number of ether oxygens (including phenoxy) is 1. The number of carbonyl (C=O) groups excluding carboxylic acids is 1. The maximum atomic E-state index is 12.7. The van der Waals surface area contributed by atoms with Gasteiger partial charge in [-0.1, -0.05) is 11.6 Å². The second-order valence-corrected chi connectivity index (χ2v) is 9.68. The number of sulfonamides is 1. The highest BCUT2D eigenvalue weighted by Gasteiger charge is 2.26. The van der Waals surface area contributed by atoms with Crippen LogP contribution in [-0.2, 0) is 21.4 Å². The molecule has 10 nitrogen and oxygen atoms in total. The van der Waals surface area contributed by atoms with E-state index in [9.17, 15) is 13.2 Å². The first-order chi connectivity index (χ1) is 15.3. The second-order valence-electron chi connectivity index (χ2n) is 7.36. The third-order valence-electron chi connectivity index (χ3n) is 5.17. The molecule has 4 rings (SSSR count). The topological polar surface area (TPSA) is 111 Å². The van der Waals surface area contributed by atoms with Crippen LogP contribution in [0.15, 0.2) is 41.4 Å². The molecule has 0 unspecified atom stereocenters. The van der Waals surface area contributed by atoms with Crippen molar-refractivity contribution in [2.75, 3.05) is 31.6 Å². The Bertz CT molecular complexity index is 1230. The monoisotopic (exact) mass is 478 g/mol. The van der Waals surface area contributed by atoms with Gasteiger partial charge >= 0.3 is 0 Å². The third-order valence-corrected chi connectivity index (χ3v) is 7.63. The summed E-state index contributed by atoms with van der Waals surface area (Å²) in [5, 5.41) is 12.0. The lowest BCUT2D eigenvalue weighted by Gasteiger charge is -2.26. The summed E-state index contributed by atoms with van der Waals surface area (Å²) in [5.74, 6) is -0.404. The predicted octanol–water partition coefficient (Wildman–Crippen LogP) is 2.13. The van der Waals surface area contributed by atoms with Crippen LogP contribution in [-0.4, -0.2) is 64.5 Å². The van der Waals surface area contributed by atoms with Gasteiger partial charge in [0.05, 0.1) is 34.5 Å². The van der Waals surface area contributed by atoms with Gasteiger partial charge in [0, 0.05) is 25.0 Å². The molecule has 1 aliphatic rings. The lowest BCUT2D eigenvalue weighted by molar-refractivity contribution is 0.0730. The first-order valence-electron chi connectivity index (χ1n) is 9.98. The normalized spacial score (nSPS) is 15.1. The predicted molar refractivity (Wildman–Crippen MR) is 118 cm³/mol. The molecular formula is C20H23ClN6O4S. The molecule has 3 heterocycles. The number of benzene rings is 1. The molecule has 0 spiro atoms. The van der Waals surface area contributed by atoms with Gasteiger partial charge in [-0.15, -0.1) is 0 Å². The molecule has 0 bridgehead atoms. The summed E-state index contributed by atoms with van der Waals surface area (Å²) in [6.07, 6.45) is 1.68. The third kappa shape index (κ3) is 4.56. The summed E-state index contributed by atoms with van der Waals surface area (Å²) >= 11 is 6.17. The van der Waals surface area contributed by atoms with Gasteiger partial charge in [0.2, 0.25) is 10.0 Å². The van der Waals surface area contributed by atoms with Crippen molar-refractivity contribution < 1.29 is 17.9 Å². The van der Waals surface area contributed by atoms with E-state index in [2.05, 4.69) is 15.5 Å². The average Bonchev–Trinajstić information content (AvgIpc) is 3.35. The Morgan fingerprint density at radius 2 is 1.81 bits per heavy atom.